The maximum atomic E-state index is 11.8. The number of nitrogens with zero attached hydrogens (tertiary/aromatic N) is 1. The van der Waals surface area contributed by atoms with Gasteiger partial charge in [-0.3, -0.25) is 4.79 Å². The summed E-state index contributed by atoms with van der Waals surface area (Å²) in [5, 5.41) is 20.2. The van der Waals surface area contributed by atoms with Gasteiger partial charge in [0.25, 0.3) is 0 Å². The molecule has 0 aromatic carbocycles. The van der Waals surface area contributed by atoms with Gasteiger partial charge in [0.15, 0.2) is 6.10 Å². The third kappa shape index (κ3) is 14.2. The van der Waals surface area contributed by atoms with Crippen LogP contribution in [0.1, 0.15) is 58.3 Å². The van der Waals surface area contributed by atoms with Gasteiger partial charge in [-0.05, 0) is 19.3 Å². The fourth-order valence-electron chi connectivity index (χ4n) is 2.39. The summed E-state index contributed by atoms with van der Waals surface area (Å²) < 4.78 is 5.80. The summed E-state index contributed by atoms with van der Waals surface area (Å²) in [5.74, 6) is -1.55. The minimum Gasteiger partial charge on any atom is -0.550 e. The molecule has 2 unspecified atom stereocenters. The lowest BCUT2D eigenvalue weighted by Gasteiger charge is -2.29. The van der Waals surface area contributed by atoms with E-state index in [0.29, 0.717) is 17.4 Å². The van der Waals surface area contributed by atoms with E-state index >= 15 is 0 Å². The van der Waals surface area contributed by atoms with E-state index in [1.165, 1.54) is 0 Å². The molecular formula is C17H33NO5. The molecule has 0 heterocycles. The smallest absolute Gasteiger partial charge is 0.306 e. The van der Waals surface area contributed by atoms with E-state index in [1.54, 1.807) is 0 Å². The third-order valence-corrected chi connectivity index (χ3v) is 3.58. The molecule has 0 rings (SSSR count). The maximum Gasteiger partial charge on any atom is 0.306 e. The molecule has 23 heavy (non-hydrogen) atoms. The molecule has 0 aromatic rings. The van der Waals surface area contributed by atoms with E-state index in [4.69, 9.17) is 4.74 Å². The van der Waals surface area contributed by atoms with Crippen molar-refractivity contribution >= 4 is 11.9 Å². The lowest BCUT2D eigenvalue weighted by Crippen LogP contribution is -2.45. The van der Waals surface area contributed by atoms with Crippen LogP contribution in [0.15, 0.2) is 0 Å². The van der Waals surface area contributed by atoms with Gasteiger partial charge in [0.05, 0.1) is 27.2 Å². The first-order valence-corrected chi connectivity index (χ1v) is 8.52. The zero-order valence-electron chi connectivity index (χ0n) is 15.0. The maximum absolute atomic E-state index is 11.8. The molecule has 0 bridgehead atoms. The molecule has 0 aliphatic heterocycles. The zero-order valence-corrected chi connectivity index (χ0v) is 15.0. The number of carbonyl (C=O) groups excluding carboxylic acids is 2. The molecular weight excluding hydrogens is 298 g/mol. The molecule has 0 amide bonds. The van der Waals surface area contributed by atoms with Crippen LogP contribution in [0.3, 0.4) is 0 Å². The van der Waals surface area contributed by atoms with Gasteiger partial charge in [0, 0.05) is 18.8 Å². The first-order valence-electron chi connectivity index (χ1n) is 8.52. The Bertz CT molecular complexity index is 351. The van der Waals surface area contributed by atoms with Gasteiger partial charge >= 0.3 is 5.97 Å². The van der Waals surface area contributed by atoms with Gasteiger partial charge in [0.1, 0.15) is 6.54 Å². The van der Waals surface area contributed by atoms with Crippen LogP contribution in [0.5, 0.6) is 0 Å². The molecule has 0 radical (unpaired) electrons. The number of hydrogen-bond donors (Lipinski definition) is 1. The molecule has 0 aliphatic carbocycles. The number of aliphatic hydroxyl groups excluding tert-OH is 1. The van der Waals surface area contributed by atoms with Gasteiger partial charge < -0.3 is 24.2 Å². The van der Waals surface area contributed by atoms with E-state index in [0.717, 1.165) is 38.5 Å². The summed E-state index contributed by atoms with van der Waals surface area (Å²) in [6.45, 7) is 2.40. The number of esters is 1. The topological polar surface area (TPSA) is 86.7 Å². The summed E-state index contributed by atoms with van der Waals surface area (Å²) in [4.78, 5) is 22.6. The van der Waals surface area contributed by atoms with E-state index in [-0.39, 0.29) is 18.5 Å². The highest BCUT2D eigenvalue weighted by Gasteiger charge is 2.22. The van der Waals surface area contributed by atoms with Crippen molar-refractivity contribution in [1.29, 1.82) is 0 Å². The Morgan fingerprint density at radius 2 is 1.74 bits per heavy atom. The molecule has 2 atom stereocenters. The van der Waals surface area contributed by atoms with Crippen molar-refractivity contribution in [1.82, 2.24) is 0 Å². The highest BCUT2D eigenvalue weighted by Crippen LogP contribution is 2.11. The van der Waals surface area contributed by atoms with Crippen molar-refractivity contribution in [2.75, 3.05) is 27.7 Å². The number of carboxylic acids is 1. The van der Waals surface area contributed by atoms with Crippen LogP contribution in [0.4, 0.5) is 0 Å². The average molecular weight is 331 g/mol. The lowest BCUT2D eigenvalue weighted by molar-refractivity contribution is -0.873. The summed E-state index contributed by atoms with van der Waals surface area (Å²) in [6.07, 6.45) is 4.32. The van der Waals surface area contributed by atoms with Crippen molar-refractivity contribution in [3.05, 3.63) is 0 Å². The summed E-state index contributed by atoms with van der Waals surface area (Å²) in [6, 6.07) is 0. The van der Waals surface area contributed by atoms with Gasteiger partial charge in [-0.2, -0.15) is 0 Å². The number of carboxylic acid groups (broad SMARTS) is 1. The highest BCUT2D eigenvalue weighted by atomic mass is 16.5. The van der Waals surface area contributed by atoms with Crippen LogP contribution in [0, 0.1) is 0 Å². The molecule has 6 heteroatoms. The first-order chi connectivity index (χ1) is 10.6. The Hall–Kier alpha value is -1.14. The van der Waals surface area contributed by atoms with Crippen molar-refractivity contribution in [2.24, 2.45) is 0 Å². The van der Waals surface area contributed by atoms with Crippen LogP contribution in [-0.2, 0) is 14.3 Å². The van der Waals surface area contributed by atoms with Crippen LogP contribution >= 0.6 is 0 Å². The summed E-state index contributed by atoms with van der Waals surface area (Å²) in [7, 11) is 5.75. The van der Waals surface area contributed by atoms with Crippen LogP contribution in [0.25, 0.3) is 0 Å². The zero-order chi connectivity index (χ0) is 17.9. The van der Waals surface area contributed by atoms with Crippen LogP contribution in [-0.4, -0.2) is 61.4 Å². The molecule has 0 aromatic heterocycles. The lowest BCUT2D eigenvalue weighted by atomic mass is 10.1. The minimum absolute atomic E-state index is 0.221. The summed E-state index contributed by atoms with van der Waals surface area (Å²) >= 11 is 0. The van der Waals surface area contributed by atoms with Gasteiger partial charge in [-0.1, -0.05) is 26.2 Å². The Labute approximate surface area is 140 Å². The average Bonchev–Trinajstić information content (AvgIpc) is 2.39. The number of rotatable bonds is 13. The Balaban J connectivity index is 3.97. The SMILES string of the molecule is CCC(O)CCCCCCC(=O)OC(CC(=O)[O-])C[N+](C)(C)C. The van der Waals surface area contributed by atoms with E-state index < -0.39 is 12.1 Å². The Kier molecular flexibility index (Phi) is 10.8. The molecule has 6 nitrogen and oxygen atoms in total. The number of quaternary nitrogens is 1. The molecule has 0 saturated heterocycles. The van der Waals surface area contributed by atoms with Crippen molar-refractivity contribution in [2.45, 2.75) is 70.5 Å². The van der Waals surface area contributed by atoms with Crippen molar-refractivity contribution in [3.8, 4) is 0 Å². The van der Waals surface area contributed by atoms with Gasteiger partial charge in [-0.15, -0.1) is 0 Å². The molecule has 0 saturated carbocycles. The molecule has 0 aliphatic rings. The first kappa shape index (κ1) is 21.9. The molecule has 0 fully saturated rings. The normalized spacial score (nSPS) is 14.3. The second-order valence-corrected chi connectivity index (χ2v) is 7.18. The summed E-state index contributed by atoms with van der Waals surface area (Å²) in [5.41, 5.74) is 0. The monoisotopic (exact) mass is 331 g/mol. The second kappa shape index (κ2) is 11.4. The van der Waals surface area contributed by atoms with E-state index in [9.17, 15) is 19.8 Å². The number of aliphatic hydroxyl groups is 1. The standard InChI is InChI=1S/C17H33NO5/c1-5-14(19)10-8-6-7-9-11-17(22)23-15(12-16(20)21)13-18(2,3)4/h14-15,19H,5-13H2,1-4H3. The fourth-order valence-corrected chi connectivity index (χ4v) is 2.39. The minimum atomic E-state index is -1.20. The van der Waals surface area contributed by atoms with Gasteiger partial charge in [0.2, 0.25) is 0 Å². The number of likely N-dealkylation sites (N-methyl/N-ethyl adjacent to an activating group) is 1. The number of unbranched alkanes of at least 4 members (excludes halogenated alkanes) is 3. The van der Waals surface area contributed by atoms with Crippen molar-refractivity contribution in [3.63, 3.8) is 0 Å². The highest BCUT2D eigenvalue weighted by molar-refractivity contribution is 5.70. The Morgan fingerprint density at radius 3 is 2.26 bits per heavy atom. The quantitative estimate of drug-likeness (QED) is 0.307. The predicted octanol–water partition coefficient (Wildman–Crippen LogP) is 0.856. The number of carbonyl (C=O) groups is 2. The molecule has 0 spiro atoms. The van der Waals surface area contributed by atoms with E-state index in [1.807, 2.05) is 28.1 Å². The van der Waals surface area contributed by atoms with Crippen LogP contribution < -0.4 is 5.11 Å². The van der Waals surface area contributed by atoms with E-state index in [2.05, 4.69) is 0 Å². The number of ether oxygens (including phenoxy) is 1. The van der Waals surface area contributed by atoms with Crippen LogP contribution in [0.2, 0.25) is 0 Å². The Morgan fingerprint density at radius 1 is 1.13 bits per heavy atom. The number of hydrogen-bond acceptors (Lipinski definition) is 5. The second-order valence-electron chi connectivity index (χ2n) is 7.18. The fraction of sp³-hybridized carbons (Fsp3) is 0.882. The largest absolute Gasteiger partial charge is 0.550 e. The molecule has 136 valence electrons. The predicted molar refractivity (Wildman–Crippen MR) is 86.4 cm³/mol. The third-order valence-electron chi connectivity index (χ3n) is 3.58. The molecule has 1 N–H and O–H groups in total. The van der Waals surface area contributed by atoms with Gasteiger partial charge in [-0.25, -0.2) is 0 Å². The van der Waals surface area contributed by atoms with Crippen molar-refractivity contribution < 1.29 is 29.0 Å². The number of aliphatic carboxylic acids is 1.